The van der Waals surface area contributed by atoms with Crippen molar-refractivity contribution in [1.29, 1.82) is 0 Å². The van der Waals surface area contributed by atoms with Crippen LogP contribution in [0.4, 0.5) is 4.39 Å². The van der Waals surface area contributed by atoms with E-state index in [9.17, 15) is 28.7 Å². The van der Waals surface area contributed by atoms with Gasteiger partial charge in [-0.3, -0.25) is 42.9 Å². The molecule has 2 aromatic heterocycles. The summed E-state index contributed by atoms with van der Waals surface area (Å²) in [6.07, 6.45) is 5.69. The van der Waals surface area contributed by atoms with Crippen molar-refractivity contribution in [3.8, 4) is 11.5 Å². The van der Waals surface area contributed by atoms with Crippen LogP contribution in [0.2, 0.25) is 0 Å². The van der Waals surface area contributed by atoms with Crippen molar-refractivity contribution in [3.05, 3.63) is 125 Å². The van der Waals surface area contributed by atoms with E-state index in [0.29, 0.717) is 61.3 Å². The van der Waals surface area contributed by atoms with Gasteiger partial charge < -0.3 is 29.1 Å². The van der Waals surface area contributed by atoms with E-state index in [0.717, 1.165) is 24.0 Å². The number of amides is 2. The third-order valence-corrected chi connectivity index (χ3v) is 11.3. The zero-order chi connectivity index (χ0) is 41.3. The van der Waals surface area contributed by atoms with Gasteiger partial charge >= 0.3 is 0 Å². The SMILES string of the molecule is COC1CCN2CN(CC1)n1cc(Br)c(=O)c(OCc3ccccc3)c1C2=O.O=C1c2c(OCc3ccccc3)c(=O)c(Br)cn2N2CCC(O)CCN1C2.[2H]CF. The molecule has 2 saturated heterocycles. The molecule has 304 valence electrons. The maximum Gasteiger partial charge on any atom is 0.277 e. The van der Waals surface area contributed by atoms with Crippen LogP contribution in [0.25, 0.3) is 0 Å². The molecule has 4 aliphatic rings. The number of rotatable bonds is 7. The topological polar surface area (TPSA) is 139 Å². The number of pyridine rings is 2. The molecule has 6 heterocycles. The molecule has 4 bridgehead atoms. The fourth-order valence-electron chi connectivity index (χ4n) is 7.04. The second-order valence-electron chi connectivity index (χ2n) is 13.8. The maximum atomic E-state index is 13.2. The van der Waals surface area contributed by atoms with E-state index < -0.39 is 13.3 Å². The normalized spacial score (nSPS) is 18.9. The molecular formula is C40H45Br2FN6O8. The van der Waals surface area contributed by atoms with Crippen molar-refractivity contribution in [2.24, 2.45) is 0 Å². The zero-order valence-electron chi connectivity index (χ0n) is 32.4. The van der Waals surface area contributed by atoms with Crippen LogP contribution in [0.5, 0.6) is 11.5 Å². The molecule has 2 amide bonds. The Morgan fingerprint density at radius 3 is 1.56 bits per heavy atom. The summed E-state index contributed by atoms with van der Waals surface area (Å²) in [5.41, 5.74) is 1.71. The first-order chi connectivity index (χ1) is 28.0. The number of fused-ring (bicyclic) bond motifs is 8. The average molecular weight is 918 g/mol. The minimum Gasteiger partial charge on any atom is -0.482 e. The van der Waals surface area contributed by atoms with Gasteiger partial charge in [-0.05, 0) is 68.7 Å². The van der Waals surface area contributed by atoms with Crippen LogP contribution in [0, 0.1) is 0 Å². The molecule has 1 N–H and O–H groups in total. The van der Waals surface area contributed by atoms with Gasteiger partial charge in [-0.1, -0.05) is 60.7 Å². The monoisotopic (exact) mass is 915 g/mol. The molecule has 0 radical (unpaired) electrons. The lowest BCUT2D eigenvalue weighted by molar-refractivity contribution is 0.0472. The molecule has 2 unspecified atom stereocenters. The minimum atomic E-state index is -1.00. The molecule has 2 atom stereocenters. The van der Waals surface area contributed by atoms with Crippen molar-refractivity contribution in [1.82, 2.24) is 19.2 Å². The van der Waals surface area contributed by atoms with Crippen LogP contribution in [0.15, 0.2) is 91.6 Å². The number of carbonyl (C=O) groups excluding carboxylic acids is 2. The molecule has 4 aliphatic heterocycles. The van der Waals surface area contributed by atoms with Crippen molar-refractivity contribution in [2.45, 2.75) is 51.1 Å². The lowest BCUT2D eigenvalue weighted by atomic mass is 10.1. The van der Waals surface area contributed by atoms with Crippen LogP contribution in [0.1, 0.15) is 59.2 Å². The number of aromatic nitrogens is 2. The first-order valence-corrected chi connectivity index (χ1v) is 20.0. The van der Waals surface area contributed by atoms with Crippen LogP contribution in [-0.2, 0) is 18.0 Å². The Kier molecular flexibility index (Phi) is 13.6. The third-order valence-electron chi connectivity index (χ3n) is 10.1. The lowest BCUT2D eigenvalue weighted by Gasteiger charge is -2.42. The Balaban J connectivity index is 0.000000183. The fraction of sp³-hybridized carbons (Fsp3) is 0.400. The molecule has 0 spiro atoms. The molecular weight excluding hydrogens is 871 g/mol. The van der Waals surface area contributed by atoms with Gasteiger partial charge in [0.1, 0.15) is 26.6 Å². The van der Waals surface area contributed by atoms with E-state index in [2.05, 4.69) is 31.9 Å². The minimum absolute atomic E-state index is 0.0500. The van der Waals surface area contributed by atoms with Crippen LogP contribution in [-0.4, -0.2) is 102 Å². The quantitative estimate of drug-likeness (QED) is 0.280. The maximum absolute atomic E-state index is 13.2. The Hall–Kier alpha value is -4.71. The Morgan fingerprint density at radius 2 is 1.11 bits per heavy atom. The number of hydrogen-bond donors (Lipinski definition) is 1. The number of ether oxygens (including phenoxy) is 3. The smallest absolute Gasteiger partial charge is 0.277 e. The van der Waals surface area contributed by atoms with Crippen molar-refractivity contribution in [2.75, 3.05) is 63.8 Å². The standard InChI is InChI=1S/C20H22BrN3O4.C19H20BrN3O4.CH3F/c1-27-15-7-9-22-13-23(10-8-15)24-11-16(21)18(25)19(17(24)20(22)26)28-12-14-5-3-2-4-6-14;20-15-10-23-16(18(17(15)25)27-11-13-4-2-1-3-5-13)19(26)21-8-6-14(24)7-9-22(23)12-21;1-2/h2-6,11,15H,7-10,12-13H2,1H3;1-5,10,14,24H,6-9,11-12H2;1H3/i;;1D. The number of alkyl halides is 1. The van der Waals surface area contributed by atoms with E-state index in [1.165, 1.54) is 0 Å². The molecule has 17 heteroatoms. The Labute approximate surface area is 347 Å². The Bertz CT molecular complexity index is 2180. The van der Waals surface area contributed by atoms with Gasteiger partial charge in [0.25, 0.3) is 11.8 Å². The van der Waals surface area contributed by atoms with Crippen molar-refractivity contribution < 1.29 is 34.7 Å². The highest BCUT2D eigenvalue weighted by atomic mass is 79.9. The molecule has 14 nitrogen and oxygen atoms in total. The van der Waals surface area contributed by atoms with Gasteiger partial charge in [-0.15, -0.1) is 0 Å². The molecule has 0 saturated carbocycles. The highest BCUT2D eigenvalue weighted by molar-refractivity contribution is 9.10. The summed E-state index contributed by atoms with van der Waals surface area (Å²) in [5, 5.41) is 14.0. The molecule has 2 fully saturated rings. The van der Waals surface area contributed by atoms with E-state index in [1.807, 2.05) is 70.7 Å². The number of hydrogen-bond acceptors (Lipinski definition) is 10. The van der Waals surface area contributed by atoms with E-state index in [1.54, 1.807) is 38.7 Å². The molecule has 57 heavy (non-hydrogen) atoms. The molecule has 4 aromatic rings. The fourth-order valence-corrected chi connectivity index (χ4v) is 7.79. The lowest BCUT2D eigenvalue weighted by Crippen LogP contribution is -2.56. The predicted octanol–water partition coefficient (Wildman–Crippen LogP) is 4.63. The van der Waals surface area contributed by atoms with Crippen molar-refractivity contribution in [3.63, 3.8) is 0 Å². The summed E-state index contributed by atoms with van der Waals surface area (Å²) in [6, 6.07) is 19.1. The Morgan fingerprint density at radius 1 is 0.702 bits per heavy atom. The van der Waals surface area contributed by atoms with Gasteiger partial charge in [0.2, 0.25) is 10.9 Å². The van der Waals surface area contributed by atoms with Gasteiger partial charge in [0.15, 0.2) is 22.9 Å². The first-order valence-electron chi connectivity index (χ1n) is 19.1. The number of benzene rings is 2. The molecule has 8 rings (SSSR count). The summed E-state index contributed by atoms with van der Waals surface area (Å²) < 4.78 is 36.9. The molecule has 2 aromatic carbocycles. The van der Waals surface area contributed by atoms with Gasteiger partial charge in [-0.25, -0.2) is 0 Å². The zero-order valence-corrected chi connectivity index (χ0v) is 34.6. The number of aliphatic hydroxyl groups is 1. The molecule has 0 aliphatic carbocycles. The first kappa shape index (κ1) is 40.5. The van der Waals surface area contributed by atoms with Gasteiger partial charge in [0, 0.05) is 45.7 Å². The van der Waals surface area contributed by atoms with Crippen molar-refractivity contribution >= 4 is 43.7 Å². The number of aliphatic hydroxyl groups excluding tert-OH is 1. The summed E-state index contributed by atoms with van der Waals surface area (Å²) >= 11 is 6.63. The highest BCUT2D eigenvalue weighted by Gasteiger charge is 2.37. The van der Waals surface area contributed by atoms with Gasteiger partial charge in [-0.2, -0.15) is 0 Å². The summed E-state index contributed by atoms with van der Waals surface area (Å²) in [6.45, 7) is 3.63. The summed E-state index contributed by atoms with van der Waals surface area (Å²) in [7, 11) is 0.700. The van der Waals surface area contributed by atoms with Crippen LogP contribution >= 0.6 is 31.9 Å². The summed E-state index contributed by atoms with van der Waals surface area (Å²) in [4.78, 5) is 55.2. The van der Waals surface area contributed by atoms with Crippen LogP contribution in [0.3, 0.4) is 0 Å². The number of methoxy groups -OCH3 is 1. The average Bonchev–Trinajstić information content (AvgIpc) is 3.21. The second-order valence-corrected chi connectivity index (χ2v) is 15.5. The number of halogens is 3. The number of carbonyl (C=O) groups is 2. The number of nitrogens with zero attached hydrogens (tertiary/aromatic N) is 6. The summed E-state index contributed by atoms with van der Waals surface area (Å²) in [5.74, 6) is -0.315. The van der Waals surface area contributed by atoms with Crippen LogP contribution < -0.4 is 30.3 Å². The predicted molar refractivity (Wildman–Crippen MR) is 219 cm³/mol. The third kappa shape index (κ3) is 9.37. The highest BCUT2D eigenvalue weighted by Crippen LogP contribution is 2.28. The van der Waals surface area contributed by atoms with E-state index in [4.69, 9.17) is 15.6 Å². The van der Waals surface area contributed by atoms with Gasteiger partial charge in [0.05, 0.1) is 29.7 Å². The van der Waals surface area contributed by atoms with E-state index in [-0.39, 0.29) is 64.9 Å². The second kappa shape index (κ2) is 19.2. The van der Waals surface area contributed by atoms with E-state index >= 15 is 0 Å². The largest absolute Gasteiger partial charge is 0.482 e.